The van der Waals surface area contributed by atoms with E-state index in [0.29, 0.717) is 17.2 Å². The number of aryl methyl sites for hydroxylation is 1. The number of amides is 2. The van der Waals surface area contributed by atoms with Crippen molar-refractivity contribution in [3.8, 4) is 5.75 Å². The van der Waals surface area contributed by atoms with E-state index < -0.39 is 6.04 Å². The van der Waals surface area contributed by atoms with Gasteiger partial charge in [0.1, 0.15) is 11.8 Å². The summed E-state index contributed by atoms with van der Waals surface area (Å²) in [6, 6.07) is 22.0. The van der Waals surface area contributed by atoms with E-state index in [0.717, 1.165) is 22.3 Å². The van der Waals surface area contributed by atoms with Crippen LogP contribution in [0.3, 0.4) is 0 Å². The van der Waals surface area contributed by atoms with E-state index in [2.05, 4.69) is 5.32 Å². The van der Waals surface area contributed by atoms with Crippen LogP contribution in [0.2, 0.25) is 5.02 Å². The number of ether oxygens (including phenoxy) is 1. The molecule has 2 amide bonds. The Hall–Kier alpha value is -3.31. The van der Waals surface area contributed by atoms with Crippen molar-refractivity contribution in [2.75, 3.05) is 13.7 Å². The van der Waals surface area contributed by atoms with Crippen LogP contribution < -0.4 is 10.1 Å². The fraction of sp³-hybridized carbons (Fsp3) is 0.259. The number of likely N-dealkylation sites (N-methyl/N-ethyl adjacent to an activating group) is 1. The number of carbonyl (C=O) groups is 2. The normalized spacial score (nSPS) is 11.5. The largest absolute Gasteiger partial charge is 0.483 e. The quantitative estimate of drug-likeness (QED) is 0.498. The van der Waals surface area contributed by atoms with Gasteiger partial charge in [-0.15, -0.1) is 0 Å². The van der Waals surface area contributed by atoms with Gasteiger partial charge in [0.2, 0.25) is 5.91 Å². The molecule has 33 heavy (non-hydrogen) atoms. The molecule has 0 saturated heterocycles. The molecule has 1 N–H and O–H groups in total. The van der Waals surface area contributed by atoms with Crippen molar-refractivity contribution in [2.24, 2.45) is 0 Å². The van der Waals surface area contributed by atoms with Crippen LogP contribution in [-0.2, 0) is 22.6 Å². The van der Waals surface area contributed by atoms with Crippen molar-refractivity contribution in [2.45, 2.75) is 32.9 Å². The van der Waals surface area contributed by atoms with Gasteiger partial charge in [-0.25, -0.2) is 0 Å². The predicted molar refractivity (Wildman–Crippen MR) is 131 cm³/mol. The summed E-state index contributed by atoms with van der Waals surface area (Å²) in [5.74, 6) is 0.164. The molecule has 0 spiro atoms. The van der Waals surface area contributed by atoms with Crippen LogP contribution in [0.4, 0.5) is 0 Å². The third-order valence-corrected chi connectivity index (χ3v) is 5.94. The second-order valence-corrected chi connectivity index (χ2v) is 8.39. The van der Waals surface area contributed by atoms with Gasteiger partial charge >= 0.3 is 0 Å². The van der Waals surface area contributed by atoms with Crippen molar-refractivity contribution >= 4 is 23.4 Å². The fourth-order valence-corrected chi connectivity index (χ4v) is 3.74. The van der Waals surface area contributed by atoms with Crippen LogP contribution in [0.25, 0.3) is 0 Å². The Morgan fingerprint density at radius 2 is 1.64 bits per heavy atom. The first-order chi connectivity index (χ1) is 15.9. The molecule has 0 unspecified atom stereocenters. The van der Waals surface area contributed by atoms with Crippen molar-refractivity contribution in [3.63, 3.8) is 0 Å². The monoisotopic (exact) mass is 464 g/mol. The Labute approximate surface area is 200 Å². The molecule has 172 valence electrons. The molecule has 0 bridgehead atoms. The van der Waals surface area contributed by atoms with Crippen LogP contribution in [0.1, 0.15) is 22.3 Å². The molecule has 0 aliphatic carbocycles. The molecule has 0 aliphatic heterocycles. The minimum atomic E-state index is -0.692. The van der Waals surface area contributed by atoms with Gasteiger partial charge in [0.05, 0.1) is 0 Å². The summed E-state index contributed by atoms with van der Waals surface area (Å²) in [5, 5.41) is 3.32. The molecule has 0 radical (unpaired) electrons. The van der Waals surface area contributed by atoms with Crippen LogP contribution >= 0.6 is 11.6 Å². The van der Waals surface area contributed by atoms with Crippen molar-refractivity contribution in [3.05, 3.63) is 100 Å². The number of nitrogens with one attached hydrogen (secondary N) is 1. The predicted octanol–water partition coefficient (Wildman–Crippen LogP) is 4.72. The van der Waals surface area contributed by atoms with Gasteiger partial charge in [0.25, 0.3) is 5.91 Å². The zero-order valence-corrected chi connectivity index (χ0v) is 19.9. The van der Waals surface area contributed by atoms with Crippen molar-refractivity contribution in [1.29, 1.82) is 0 Å². The number of hydrogen-bond donors (Lipinski definition) is 1. The van der Waals surface area contributed by atoms with Gasteiger partial charge in [-0.05, 0) is 54.3 Å². The Bertz CT molecular complexity index is 1080. The summed E-state index contributed by atoms with van der Waals surface area (Å²) in [6.07, 6.45) is 0.392. The molecule has 6 heteroatoms. The van der Waals surface area contributed by atoms with Gasteiger partial charge < -0.3 is 15.0 Å². The highest BCUT2D eigenvalue weighted by Gasteiger charge is 2.30. The molecule has 5 nitrogen and oxygen atoms in total. The summed E-state index contributed by atoms with van der Waals surface area (Å²) in [7, 11) is 1.58. The van der Waals surface area contributed by atoms with E-state index in [9.17, 15) is 9.59 Å². The highest BCUT2D eigenvalue weighted by Crippen LogP contribution is 2.21. The molecular weight excluding hydrogens is 436 g/mol. The highest BCUT2D eigenvalue weighted by atomic mass is 35.5. The topological polar surface area (TPSA) is 58.6 Å². The molecule has 3 aromatic rings. The first kappa shape index (κ1) is 24.3. The number of rotatable bonds is 9. The summed E-state index contributed by atoms with van der Waals surface area (Å²) in [6.45, 7) is 4.05. The van der Waals surface area contributed by atoms with E-state index in [-0.39, 0.29) is 25.0 Å². The lowest BCUT2D eigenvalue weighted by Crippen LogP contribution is -2.51. The van der Waals surface area contributed by atoms with Crippen LogP contribution in [0, 0.1) is 13.8 Å². The minimum Gasteiger partial charge on any atom is -0.483 e. The Morgan fingerprint density at radius 1 is 0.939 bits per heavy atom. The average Bonchev–Trinajstić information content (AvgIpc) is 2.83. The maximum Gasteiger partial charge on any atom is 0.261 e. The molecular formula is C27H29ClN2O3. The van der Waals surface area contributed by atoms with E-state index >= 15 is 0 Å². The number of carbonyl (C=O) groups excluding carboxylic acids is 2. The second-order valence-electron chi connectivity index (χ2n) is 7.95. The SMILES string of the molecule is CNC(=O)[C@H](Cc1ccccc1)N(Cc1ccc(Cl)cc1)C(=O)COc1cccc(C)c1C. The van der Waals surface area contributed by atoms with Gasteiger partial charge in [0.15, 0.2) is 6.61 Å². The molecule has 3 rings (SSSR count). The number of hydrogen-bond acceptors (Lipinski definition) is 3. The summed E-state index contributed by atoms with van der Waals surface area (Å²) >= 11 is 6.03. The molecule has 0 heterocycles. The lowest BCUT2D eigenvalue weighted by Gasteiger charge is -2.31. The third-order valence-electron chi connectivity index (χ3n) is 5.69. The van der Waals surface area contributed by atoms with E-state index in [1.165, 1.54) is 0 Å². The Balaban J connectivity index is 1.88. The zero-order valence-electron chi connectivity index (χ0n) is 19.2. The van der Waals surface area contributed by atoms with Crippen LogP contribution in [0.5, 0.6) is 5.75 Å². The standard InChI is InChI=1S/C27H29ClN2O3/c1-19-8-7-11-25(20(19)2)33-18-26(31)30(17-22-12-14-23(28)15-13-22)24(27(32)29-3)16-21-9-5-4-6-10-21/h4-15,24H,16-18H2,1-3H3,(H,29,32)/t24-/m0/s1. The highest BCUT2D eigenvalue weighted by molar-refractivity contribution is 6.30. The van der Waals surface area contributed by atoms with Gasteiger partial charge in [-0.3, -0.25) is 9.59 Å². The van der Waals surface area contributed by atoms with E-state index in [1.807, 2.05) is 74.5 Å². The van der Waals surface area contributed by atoms with Gasteiger partial charge in [-0.2, -0.15) is 0 Å². The molecule has 0 fully saturated rings. The Kier molecular flexibility index (Phi) is 8.50. The van der Waals surface area contributed by atoms with Gasteiger partial charge in [0, 0.05) is 25.0 Å². The first-order valence-corrected chi connectivity index (χ1v) is 11.2. The summed E-state index contributed by atoms with van der Waals surface area (Å²) in [5.41, 5.74) is 3.92. The number of halogens is 1. The molecule has 3 aromatic carbocycles. The third kappa shape index (κ3) is 6.59. The minimum absolute atomic E-state index is 0.167. The smallest absolute Gasteiger partial charge is 0.261 e. The molecule has 1 atom stereocenters. The van der Waals surface area contributed by atoms with E-state index in [1.54, 1.807) is 24.1 Å². The summed E-state index contributed by atoms with van der Waals surface area (Å²) < 4.78 is 5.89. The second kappa shape index (κ2) is 11.5. The maximum atomic E-state index is 13.4. The molecule has 0 aliphatic rings. The van der Waals surface area contributed by atoms with Crippen LogP contribution in [-0.4, -0.2) is 36.4 Å². The van der Waals surface area contributed by atoms with Gasteiger partial charge in [-0.1, -0.05) is 66.2 Å². The van der Waals surface area contributed by atoms with Crippen molar-refractivity contribution in [1.82, 2.24) is 10.2 Å². The Morgan fingerprint density at radius 3 is 2.30 bits per heavy atom. The zero-order chi connectivity index (χ0) is 23.8. The number of nitrogens with zero attached hydrogens (tertiary/aromatic N) is 1. The summed E-state index contributed by atoms with van der Waals surface area (Å²) in [4.78, 5) is 27.9. The molecule has 0 saturated carbocycles. The number of benzene rings is 3. The maximum absolute atomic E-state index is 13.4. The first-order valence-electron chi connectivity index (χ1n) is 10.9. The molecule has 0 aromatic heterocycles. The van der Waals surface area contributed by atoms with Crippen LogP contribution in [0.15, 0.2) is 72.8 Å². The van der Waals surface area contributed by atoms with Crippen molar-refractivity contribution < 1.29 is 14.3 Å². The lowest BCUT2D eigenvalue weighted by atomic mass is 10.0. The average molecular weight is 465 g/mol. The van der Waals surface area contributed by atoms with E-state index in [4.69, 9.17) is 16.3 Å². The lowest BCUT2D eigenvalue weighted by molar-refractivity contribution is -0.142. The fourth-order valence-electron chi connectivity index (χ4n) is 3.61.